The molecule has 4 saturated heterocycles. The maximum absolute atomic E-state index is 12.1. The predicted octanol–water partition coefficient (Wildman–Crippen LogP) is -1.02. The van der Waals surface area contributed by atoms with E-state index >= 15 is 0 Å². The number of Topliss-reactive ketones (excluding diaryl/α,β-unsaturated/α-hetero) is 1. The molecule has 4 heterocycles. The van der Waals surface area contributed by atoms with Gasteiger partial charge in [0.2, 0.25) is 5.78 Å². The molecule has 0 aromatic rings. The quantitative estimate of drug-likeness (QED) is 0.368. The van der Waals surface area contributed by atoms with E-state index in [1.165, 1.54) is 0 Å². The zero-order valence-corrected chi connectivity index (χ0v) is 10.3. The van der Waals surface area contributed by atoms with Crippen LogP contribution in [0.3, 0.4) is 0 Å². The Bertz CT molecular complexity index is 478. The summed E-state index contributed by atoms with van der Waals surface area (Å²) in [7, 11) is 0. The van der Waals surface area contributed by atoms with Crippen LogP contribution in [-0.2, 0) is 19.0 Å². The Morgan fingerprint density at radius 2 is 2.22 bits per heavy atom. The molecule has 0 radical (unpaired) electrons. The Morgan fingerprint density at radius 1 is 1.50 bits per heavy atom. The summed E-state index contributed by atoms with van der Waals surface area (Å²) >= 11 is 0. The fourth-order valence-corrected chi connectivity index (χ4v) is 4.47. The maximum atomic E-state index is 12.1. The maximum Gasteiger partial charge on any atom is 0.558 e. The van der Waals surface area contributed by atoms with Crippen molar-refractivity contribution in [3.05, 3.63) is 0 Å². The molecule has 0 aliphatic carbocycles. The van der Waals surface area contributed by atoms with Crippen LogP contribution in [0.25, 0.3) is 0 Å². The minimum atomic E-state index is -2.47. The summed E-state index contributed by atoms with van der Waals surface area (Å²) in [5, 5.41) is 11.0. The van der Waals surface area contributed by atoms with Crippen molar-refractivity contribution in [1.82, 2.24) is 0 Å². The molecule has 0 aromatic carbocycles. The van der Waals surface area contributed by atoms with Crippen molar-refractivity contribution in [3.8, 4) is 0 Å². The lowest BCUT2D eigenvalue weighted by molar-refractivity contribution is -0.851. The van der Waals surface area contributed by atoms with E-state index in [0.29, 0.717) is 13.2 Å². The number of rotatable bonds is 1. The highest BCUT2D eigenvalue weighted by Gasteiger charge is 2.79. The first kappa shape index (κ1) is 11.0. The third-order valence-corrected chi connectivity index (χ3v) is 5.54. The van der Waals surface area contributed by atoms with Gasteiger partial charge in [-0.05, 0) is 6.42 Å². The molecule has 4 aliphatic heterocycles. The first-order valence-corrected chi connectivity index (χ1v) is 6.56. The summed E-state index contributed by atoms with van der Waals surface area (Å²) in [5.74, 6) is -1.28. The minimum absolute atomic E-state index is 0.0771. The van der Waals surface area contributed by atoms with Gasteiger partial charge in [0, 0.05) is 13.0 Å². The molecular weight excluding hydrogens is 237 g/mol. The minimum Gasteiger partial charge on any atom is -0.613 e. The van der Waals surface area contributed by atoms with E-state index in [-0.39, 0.29) is 22.8 Å². The molecule has 18 heavy (non-hydrogen) atoms. The van der Waals surface area contributed by atoms with E-state index in [4.69, 9.17) is 9.39 Å². The summed E-state index contributed by atoms with van der Waals surface area (Å²) in [6.07, 6.45) is 1.73. The van der Waals surface area contributed by atoms with Crippen LogP contribution >= 0.6 is 0 Å². The van der Waals surface area contributed by atoms with Crippen molar-refractivity contribution in [2.24, 2.45) is 5.92 Å². The van der Waals surface area contributed by atoms with E-state index in [1.54, 1.807) is 6.92 Å². The molecule has 4 aliphatic rings. The second-order valence-corrected chi connectivity index (χ2v) is 6.38. The monoisotopic (exact) mass is 253 g/mol. The molecule has 0 spiro atoms. The lowest BCUT2D eigenvalue weighted by atomic mass is 9.53. The molecule has 6 nitrogen and oxygen atoms in total. The summed E-state index contributed by atoms with van der Waals surface area (Å²) in [5.41, 5.74) is -0.798. The SMILES string of the molecule is CC1([B-]2(O)OC(=O)[C@@H]3C(=O)C[N+]24CCC[C@@H]34)CO1. The summed E-state index contributed by atoms with van der Waals surface area (Å²) in [6.45, 7) is 0.614. The van der Waals surface area contributed by atoms with Crippen LogP contribution in [0.4, 0.5) is 0 Å². The predicted molar refractivity (Wildman–Crippen MR) is 59.9 cm³/mol. The molecule has 98 valence electrons. The van der Waals surface area contributed by atoms with Gasteiger partial charge in [-0.2, -0.15) is 0 Å². The van der Waals surface area contributed by atoms with Crippen molar-refractivity contribution in [1.29, 1.82) is 0 Å². The summed E-state index contributed by atoms with van der Waals surface area (Å²) in [4.78, 5) is 24.1. The van der Waals surface area contributed by atoms with Gasteiger partial charge in [0.25, 0.3) is 5.97 Å². The Balaban J connectivity index is 1.90. The van der Waals surface area contributed by atoms with Gasteiger partial charge in [0.05, 0.1) is 18.1 Å². The molecular formula is C11H16BNO5. The molecule has 7 heteroatoms. The van der Waals surface area contributed by atoms with E-state index in [2.05, 4.69) is 0 Å². The average molecular weight is 253 g/mol. The summed E-state index contributed by atoms with van der Waals surface area (Å²) < 4.78 is 11.0. The summed E-state index contributed by atoms with van der Waals surface area (Å²) in [6, 6.07) is -0.0928. The van der Waals surface area contributed by atoms with E-state index in [1.807, 2.05) is 0 Å². The molecule has 0 aromatic heterocycles. The molecule has 2 bridgehead atoms. The molecule has 1 N–H and O–H groups in total. The molecule has 3 unspecified atom stereocenters. The number of carbonyl (C=O) groups is 2. The Morgan fingerprint density at radius 3 is 2.89 bits per heavy atom. The van der Waals surface area contributed by atoms with Gasteiger partial charge < -0.3 is 18.8 Å². The van der Waals surface area contributed by atoms with Crippen molar-refractivity contribution in [3.63, 3.8) is 0 Å². The normalized spacial score (nSPS) is 57.4. The van der Waals surface area contributed by atoms with Gasteiger partial charge in [-0.15, -0.1) is 0 Å². The number of epoxide rings is 1. The van der Waals surface area contributed by atoms with Gasteiger partial charge in [-0.25, -0.2) is 0 Å². The molecule has 0 saturated carbocycles. The van der Waals surface area contributed by atoms with Gasteiger partial charge in [-0.3, -0.25) is 9.59 Å². The second kappa shape index (κ2) is 2.81. The third-order valence-electron chi connectivity index (χ3n) is 5.54. The van der Waals surface area contributed by atoms with Crippen LogP contribution < -0.4 is 0 Å². The van der Waals surface area contributed by atoms with Crippen LogP contribution in [0.2, 0.25) is 0 Å². The van der Waals surface area contributed by atoms with Crippen molar-refractivity contribution in [2.45, 2.75) is 31.3 Å². The first-order valence-electron chi connectivity index (χ1n) is 6.56. The number of nitrogens with zero attached hydrogens (tertiary/aromatic N) is 1. The highest BCUT2D eigenvalue weighted by atomic mass is 16.7. The van der Waals surface area contributed by atoms with Crippen LogP contribution in [0, 0.1) is 5.92 Å². The number of hydrogen-bond acceptors (Lipinski definition) is 5. The van der Waals surface area contributed by atoms with Crippen molar-refractivity contribution >= 4 is 18.4 Å². The van der Waals surface area contributed by atoms with Crippen LogP contribution in [-0.4, -0.2) is 59.1 Å². The topological polar surface area (TPSA) is 76.1 Å². The average Bonchev–Trinajstić information content (AvgIpc) is 2.82. The molecule has 0 amide bonds. The smallest absolute Gasteiger partial charge is 0.558 e. The van der Waals surface area contributed by atoms with Crippen molar-refractivity contribution < 1.29 is 28.4 Å². The zero-order chi connectivity index (χ0) is 12.8. The second-order valence-electron chi connectivity index (χ2n) is 6.38. The highest BCUT2D eigenvalue weighted by Crippen LogP contribution is 2.53. The van der Waals surface area contributed by atoms with Gasteiger partial charge in [-0.1, -0.05) is 6.92 Å². The largest absolute Gasteiger partial charge is 0.613 e. The fourth-order valence-electron chi connectivity index (χ4n) is 4.47. The Kier molecular flexibility index (Phi) is 1.71. The van der Waals surface area contributed by atoms with Crippen LogP contribution in [0.5, 0.6) is 0 Å². The molecule has 4 fully saturated rings. The number of ether oxygens (including phenoxy) is 1. The van der Waals surface area contributed by atoms with Crippen LogP contribution in [0.1, 0.15) is 19.8 Å². The highest BCUT2D eigenvalue weighted by molar-refractivity contribution is 6.65. The standard InChI is InChI=1S/C11H16BNO5/c1-11(6-17-11)12(16)13-4-2-3-7(13)9(8(14)5-13)10(15)18-12/h7,9,16H,2-6H2,1H3/t7-,9-,11?,12?,13?/m0/s1. The lowest BCUT2D eigenvalue weighted by Gasteiger charge is -2.57. The van der Waals surface area contributed by atoms with Gasteiger partial charge in [0.15, 0.2) is 5.92 Å². The Labute approximate surface area is 104 Å². The number of carbonyl (C=O) groups excluding carboxylic acids is 2. The van der Waals surface area contributed by atoms with Crippen LogP contribution in [0.15, 0.2) is 0 Å². The van der Waals surface area contributed by atoms with E-state index in [0.717, 1.165) is 12.8 Å². The van der Waals surface area contributed by atoms with Gasteiger partial charge in [0.1, 0.15) is 6.54 Å². The Hall–Kier alpha value is -0.915. The van der Waals surface area contributed by atoms with E-state index in [9.17, 15) is 14.6 Å². The zero-order valence-electron chi connectivity index (χ0n) is 10.3. The number of quaternary nitrogens is 1. The first-order chi connectivity index (χ1) is 8.44. The fraction of sp³-hybridized carbons (Fsp3) is 0.818. The van der Waals surface area contributed by atoms with Gasteiger partial charge >= 0.3 is 6.69 Å². The van der Waals surface area contributed by atoms with E-state index < -0.39 is 24.1 Å². The molecule has 5 atom stereocenters. The number of ketones is 1. The lowest BCUT2D eigenvalue weighted by Crippen LogP contribution is -2.80. The molecule has 4 rings (SSSR count). The number of hydrogen-bond donors (Lipinski definition) is 1. The third kappa shape index (κ3) is 0.918. The van der Waals surface area contributed by atoms with Crippen molar-refractivity contribution in [2.75, 3.05) is 19.7 Å².